The molecule has 1 aromatic carbocycles. The maximum absolute atomic E-state index is 12.9. The van der Waals surface area contributed by atoms with Gasteiger partial charge in [-0.25, -0.2) is 9.78 Å². The van der Waals surface area contributed by atoms with E-state index in [1.807, 2.05) is 0 Å². The molecule has 4 fully saturated rings. The van der Waals surface area contributed by atoms with Gasteiger partial charge in [0, 0.05) is 23.0 Å². The number of nitrogens with zero attached hydrogens (tertiary/aromatic N) is 2. The molecule has 0 saturated heterocycles. The first kappa shape index (κ1) is 24.4. The number of hydrogen-bond donors (Lipinski definition) is 2. The molecule has 0 aliphatic heterocycles. The maximum Gasteiger partial charge on any atom is 0.354 e. The predicted molar refractivity (Wildman–Crippen MR) is 137 cm³/mol. The number of halogens is 2. The Hall–Kier alpha value is -2.94. The highest BCUT2D eigenvalue weighted by Crippen LogP contribution is 2.52. The van der Waals surface area contributed by atoms with Gasteiger partial charge in [0.15, 0.2) is 0 Å². The van der Waals surface area contributed by atoms with Crippen LogP contribution in [-0.2, 0) is 16.1 Å². The van der Waals surface area contributed by atoms with E-state index in [1.165, 1.54) is 12.3 Å². The second-order valence-corrected chi connectivity index (χ2v) is 11.0. The van der Waals surface area contributed by atoms with Crippen LogP contribution in [0, 0.1) is 17.8 Å². The zero-order valence-corrected chi connectivity index (χ0v) is 21.3. The van der Waals surface area contributed by atoms with Crippen molar-refractivity contribution in [2.24, 2.45) is 17.8 Å². The molecule has 2 unspecified atom stereocenters. The van der Waals surface area contributed by atoms with Crippen molar-refractivity contribution >= 4 is 40.8 Å². The van der Waals surface area contributed by atoms with Gasteiger partial charge in [0.2, 0.25) is 5.91 Å². The Balaban J connectivity index is 1.10. The van der Waals surface area contributed by atoms with E-state index in [4.69, 9.17) is 37.6 Å². The van der Waals surface area contributed by atoms with Crippen LogP contribution in [0.1, 0.15) is 59.8 Å². The lowest BCUT2D eigenvalue weighted by Crippen LogP contribution is -2.51. The van der Waals surface area contributed by atoms with Crippen molar-refractivity contribution in [3.63, 3.8) is 0 Å². The Labute approximate surface area is 223 Å². The average molecular weight is 542 g/mol. The number of fused-ring (bicyclic) bond motifs is 2. The molecule has 0 radical (unpaired) electrons. The van der Waals surface area contributed by atoms with E-state index >= 15 is 0 Å². The van der Waals surface area contributed by atoms with E-state index in [0.717, 1.165) is 43.4 Å². The summed E-state index contributed by atoms with van der Waals surface area (Å²) in [4.78, 5) is 27.8. The van der Waals surface area contributed by atoms with Crippen LogP contribution >= 0.6 is 23.2 Å². The number of ether oxygens (including phenoxy) is 1. The Morgan fingerprint density at radius 2 is 1.81 bits per heavy atom. The second kappa shape index (κ2) is 9.74. The van der Waals surface area contributed by atoms with E-state index in [2.05, 4.69) is 15.5 Å². The molecule has 2 atom stereocenters. The standard InChI is InChI=1S/C27H25Cl2N3O5/c28-19-2-1-3-20(29)23(19)24-18(25(37-32-24)13-4-5-13)12-36-17-9-14-8-15(10-17)22(14)26(33)31-16-6-7-21(27(34)35)30-11-16/h1-3,6-7,11,13-15,17,22H,4-5,8-10,12H2,(H,31,33)(H,34,35). The van der Waals surface area contributed by atoms with Crippen molar-refractivity contribution in [1.29, 1.82) is 0 Å². The van der Waals surface area contributed by atoms with Gasteiger partial charge in [-0.05, 0) is 68.2 Å². The molecule has 4 saturated carbocycles. The molecule has 2 bridgehead atoms. The summed E-state index contributed by atoms with van der Waals surface area (Å²) < 4.78 is 12.1. The molecule has 192 valence electrons. The average Bonchev–Trinajstić information content (AvgIpc) is 3.63. The molecule has 2 heterocycles. The van der Waals surface area contributed by atoms with E-state index in [-0.39, 0.29) is 35.5 Å². The Morgan fingerprint density at radius 3 is 2.43 bits per heavy atom. The number of rotatable bonds is 8. The molecule has 3 aromatic rings. The Bertz CT molecular complexity index is 1320. The molecule has 8 nitrogen and oxygen atoms in total. The number of carboxylic acids is 1. The number of amides is 1. The molecule has 4 aliphatic carbocycles. The first-order valence-electron chi connectivity index (χ1n) is 12.4. The second-order valence-electron chi connectivity index (χ2n) is 10.2. The quantitative estimate of drug-likeness (QED) is 0.349. The zero-order chi connectivity index (χ0) is 25.7. The number of anilines is 1. The number of hydrogen-bond acceptors (Lipinski definition) is 6. The topological polar surface area (TPSA) is 115 Å². The van der Waals surface area contributed by atoms with Crippen LogP contribution in [0.2, 0.25) is 10.0 Å². The molecule has 0 spiro atoms. The number of carboxylic acid groups (broad SMARTS) is 1. The summed E-state index contributed by atoms with van der Waals surface area (Å²) in [7, 11) is 0. The van der Waals surface area contributed by atoms with E-state index in [1.54, 1.807) is 24.3 Å². The van der Waals surface area contributed by atoms with Gasteiger partial charge in [0.25, 0.3) is 0 Å². The number of carbonyl (C=O) groups excluding carboxylic acids is 1. The minimum absolute atomic E-state index is 0.0424. The summed E-state index contributed by atoms with van der Waals surface area (Å²) in [6.07, 6.45) is 6.17. The van der Waals surface area contributed by atoms with Crippen LogP contribution in [0.3, 0.4) is 0 Å². The summed E-state index contributed by atoms with van der Waals surface area (Å²) in [5, 5.41) is 17.3. The lowest BCUT2D eigenvalue weighted by Gasteiger charge is -2.51. The monoisotopic (exact) mass is 541 g/mol. The van der Waals surface area contributed by atoms with Gasteiger partial charge in [0.05, 0.1) is 34.6 Å². The summed E-state index contributed by atoms with van der Waals surface area (Å²) in [6, 6.07) is 8.32. The third kappa shape index (κ3) is 4.74. The summed E-state index contributed by atoms with van der Waals surface area (Å²) >= 11 is 12.9. The normalized spacial score (nSPS) is 24.4. The first-order chi connectivity index (χ1) is 17.9. The van der Waals surface area contributed by atoms with Crippen LogP contribution in [0.25, 0.3) is 11.3 Å². The van der Waals surface area contributed by atoms with Crippen molar-refractivity contribution in [3.05, 3.63) is 63.6 Å². The lowest BCUT2D eigenvalue weighted by atomic mass is 9.56. The smallest absolute Gasteiger partial charge is 0.354 e. The number of pyridine rings is 1. The number of aromatic carboxylic acids is 1. The van der Waals surface area contributed by atoms with Gasteiger partial charge in [0.1, 0.15) is 17.1 Å². The Kier molecular flexibility index (Phi) is 6.42. The van der Waals surface area contributed by atoms with Crippen molar-refractivity contribution in [2.45, 2.75) is 50.7 Å². The van der Waals surface area contributed by atoms with Gasteiger partial charge in [-0.15, -0.1) is 0 Å². The van der Waals surface area contributed by atoms with Gasteiger partial charge in [-0.1, -0.05) is 34.4 Å². The third-order valence-electron chi connectivity index (χ3n) is 7.74. The van der Waals surface area contributed by atoms with Gasteiger partial charge >= 0.3 is 5.97 Å². The molecule has 4 aliphatic rings. The maximum atomic E-state index is 12.9. The highest BCUT2D eigenvalue weighted by atomic mass is 35.5. The molecular formula is C27H25Cl2N3O5. The van der Waals surface area contributed by atoms with E-state index < -0.39 is 5.97 Å². The molecule has 1 amide bonds. The SMILES string of the molecule is O=C(O)c1ccc(NC(=O)C2C3CC(OCc4c(-c5c(Cl)cccc5Cl)noc4C4CC4)CC2C3)cn1. The highest BCUT2D eigenvalue weighted by molar-refractivity contribution is 6.39. The Morgan fingerprint density at radius 1 is 1.08 bits per heavy atom. The minimum Gasteiger partial charge on any atom is -0.477 e. The fourth-order valence-corrected chi connectivity index (χ4v) is 6.34. The minimum atomic E-state index is -1.10. The van der Waals surface area contributed by atoms with E-state index in [0.29, 0.717) is 39.5 Å². The highest BCUT2D eigenvalue weighted by Gasteiger charge is 2.51. The molecule has 37 heavy (non-hydrogen) atoms. The van der Waals surface area contributed by atoms with Crippen LogP contribution in [-0.4, -0.2) is 33.2 Å². The van der Waals surface area contributed by atoms with Crippen LogP contribution in [0.4, 0.5) is 5.69 Å². The molecule has 2 aromatic heterocycles. The zero-order valence-electron chi connectivity index (χ0n) is 19.8. The van der Waals surface area contributed by atoms with E-state index in [9.17, 15) is 9.59 Å². The third-order valence-corrected chi connectivity index (χ3v) is 8.36. The largest absolute Gasteiger partial charge is 0.477 e. The fourth-order valence-electron chi connectivity index (χ4n) is 5.76. The van der Waals surface area contributed by atoms with Crippen molar-refractivity contribution in [1.82, 2.24) is 10.1 Å². The van der Waals surface area contributed by atoms with Crippen LogP contribution < -0.4 is 5.32 Å². The summed E-state index contributed by atoms with van der Waals surface area (Å²) in [5.74, 6) is 0.481. The fraction of sp³-hybridized carbons (Fsp3) is 0.407. The van der Waals surface area contributed by atoms with Gasteiger partial charge in [-0.2, -0.15) is 0 Å². The predicted octanol–water partition coefficient (Wildman–Crippen LogP) is 6.19. The van der Waals surface area contributed by atoms with Gasteiger partial charge < -0.3 is 19.7 Å². The summed E-state index contributed by atoms with van der Waals surface area (Å²) in [6.45, 7) is 0.356. The number of aromatic nitrogens is 2. The van der Waals surface area contributed by atoms with Gasteiger partial charge in [-0.3, -0.25) is 4.79 Å². The number of carbonyl (C=O) groups is 2. The van der Waals surface area contributed by atoms with Crippen LogP contribution in [0.5, 0.6) is 0 Å². The van der Waals surface area contributed by atoms with Crippen LogP contribution in [0.15, 0.2) is 41.1 Å². The van der Waals surface area contributed by atoms with Crippen molar-refractivity contribution in [3.8, 4) is 11.3 Å². The number of nitrogens with one attached hydrogen (secondary N) is 1. The molecule has 10 heteroatoms. The lowest BCUT2D eigenvalue weighted by molar-refractivity contribution is -0.142. The molecule has 2 N–H and O–H groups in total. The molecular weight excluding hydrogens is 517 g/mol. The van der Waals surface area contributed by atoms with Crippen molar-refractivity contribution < 1.29 is 24.0 Å². The number of benzene rings is 1. The summed E-state index contributed by atoms with van der Waals surface area (Å²) in [5.41, 5.74) is 2.64. The molecule has 7 rings (SSSR count). The van der Waals surface area contributed by atoms with Crippen molar-refractivity contribution in [2.75, 3.05) is 5.32 Å². The first-order valence-corrected chi connectivity index (χ1v) is 13.2.